The molecule has 6 nitrogen and oxygen atoms in total. The van der Waals surface area contributed by atoms with Crippen molar-refractivity contribution in [1.82, 2.24) is 9.62 Å². The van der Waals surface area contributed by atoms with E-state index in [1.54, 1.807) is 43.1 Å². The minimum absolute atomic E-state index is 0.148. The van der Waals surface area contributed by atoms with E-state index in [0.717, 1.165) is 16.7 Å². The van der Waals surface area contributed by atoms with Gasteiger partial charge in [-0.1, -0.05) is 85.3 Å². The average molecular weight is 509 g/mol. The van der Waals surface area contributed by atoms with E-state index in [2.05, 4.69) is 4.72 Å². The van der Waals surface area contributed by atoms with Crippen molar-refractivity contribution in [2.24, 2.45) is 5.92 Å². The third kappa shape index (κ3) is 7.26. The van der Waals surface area contributed by atoms with Crippen LogP contribution in [-0.4, -0.2) is 43.5 Å². The van der Waals surface area contributed by atoms with Gasteiger partial charge in [0.2, 0.25) is 15.9 Å². The summed E-state index contributed by atoms with van der Waals surface area (Å²) in [5, 5.41) is 10.8. The van der Waals surface area contributed by atoms with Crippen molar-refractivity contribution in [2.45, 2.75) is 56.7 Å². The van der Waals surface area contributed by atoms with Crippen molar-refractivity contribution in [3.63, 3.8) is 0 Å². The van der Waals surface area contributed by atoms with E-state index in [4.69, 9.17) is 0 Å². The molecule has 4 atom stereocenters. The summed E-state index contributed by atoms with van der Waals surface area (Å²) in [6.45, 7) is 5.52. The molecule has 0 aliphatic rings. The first-order valence-corrected chi connectivity index (χ1v) is 13.7. The van der Waals surface area contributed by atoms with E-state index in [1.165, 1.54) is 0 Å². The topological polar surface area (TPSA) is 86.7 Å². The lowest BCUT2D eigenvalue weighted by molar-refractivity contribution is -0.138. The molecule has 0 unspecified atom stereocenters. The highest BCUT2D eigenvalue weighted by Gasteiger charge is 2.30. The van der Waals surface area contributed by atoms with Gasteiger partial charge < -0.3 is 10.0 Å². The van der Waals surface area contributed by atoms with Crippen LogP contribution in [0.5, 0.6) is 0 Å². The summed E-state index contributed by atoms with van der Waals surface area (Å²) >= 11 is 0. The van der Waals surface area contributed by atoms with Gasteiger partial charge in [-0.15, -0.1) is 0 Å². The normalized spacial score (nSPS) is 15.0. The maximum Gasteiger partial charge on any atom is 0.240 e. The van der Waals surface area contributed by atoms with Gasteiger partial charge in [-0.25, -0.2) is 13.1 Å². The number of amides is 1. The zero-order chi connectivity index (χ0) is 26.3. The van der Waals surface area contributed by atoms with Crippen LogP contribution in [0.2, 0.25) is 0 Å². The van der Waals surface area contributed by atoms with Gasteiger partial charge in [0.1, 0.15) is 0 Å². The molecule has 3 rings (SSSR count). The van der Waals surface area contributed by atoms with Crippen LogP contribution in [0, 0.1) is 12.8 Å². The molecule has 0 aliphatic carbocycles. The molecule has 0 saturated heterocycles. The lowest BCUT2D eigenvalue weighted by Crippen LogP contribution is -2.44. The Morgan fingerprint density at radius 2 is 1.47 bits per heavy atom. The van der Waals surface area contributed by atoms with Crippen LogP contribution in [0.4, 0.5) is 0 Å². The highest BCUT2D eigenvalue weighted by Crippen LogP contribution is 2.23. The Hall–Kier alpha value is -3.00. The fraction of sp³-hybridized carbons (Fsp3) is 0.345. The van der Waals surface area contributed by atoms with Crippen molar-refractivity contribution >= 4 is 15.9 Å². The Labute approximate surface area is 215 Å². The fourth-order valence-electron chi connectivity index (χ4n) is 4.29. The Balaban J connectivity index is 1.75. The first kappa shape index (κ1) is 27.6. The smallest absolute Gasteiger partial charge is 0.240 e. The van der Waals surface area contributed by atoms with Crippen LogP contribution in [0.1, 0.15) is 43.1 Å². The molecular weight excluding hydrogens is 472 g/mol. The van der Waals surface area contributed by atoms with E-state index in [0.29, 0.717) is 12.8 Å². The summed E-state index contributed by atoms with van der Waals surface area (Å²) in [5.41, 5.74) is 2.70. The molecule has 0 spiro atoms. The van der Waals surface area contributed by atoms with Crippen LogP contribution in [0.3, 0.4) is 0 Å². The monoisotopic (exact) mass is 508 g/mol. The van der Waals surface area contributed by atoms with E-state index >= 15 is 0 Å². The summed E-state index contributed by atoms with van der Waals surface area (Å²) in [4.78, 5) is 15.1. The van der Waals surface area contributed by atoms with Crippen molar-refractivity contribution in [3.8, 4) is 0 Å². The number of benzene rings is 3. The van der Waals surface area contributed by atoms with Crippen LogP contribution < -0.4 is 4.72 Å². The van der Waals surface area contributed by atoms with Gasteiger partial charge in [-0.2, -0.15) is 0 Å². The fourth-order valence-corrected chi connectivity index (χ4v) is 5.54. The number of aryl methyl sites for hydroxylation is 1. The van der Waals surface area contributed by atoms with Crippen LogP contribution in [0.15, 0.2) is 89.8 Å². The molecule has 0 aromatic heterocycles. The van der Waals surface area contributed by atoms with E-state index in [-0.39, 0.29) is 10.8 Å². The Morgan fingerprint density at radius 3 is 2.06 bits per heavy atom. The number of nitrogens with one attached hydrogen (secondary N) is 1. The number of hydrogen-bond acceptors (Lipinski definition) is 4. The van der Waals surface area contributed by atoms with E-state index < -0.39 is 34.1 Å². The minimum atomic E-state index is -3.77. The number of likely N-dealkylation sites (N-methyl/N-ethyl adjacent to an activating group) is 1. The molecule has 0 radical (unpaired) electrons. The first-order valence-electron chi connectivity index (χ1n) is 12.2. The minimum Gasteiger partial charge on any atom is -0.386 e. The second-order valence-electron chi connectivity index (χ2n) is 9.50. The number of aliphatic hydroxyl groups excluding tert-OH is 1. The number of rotatable bonds is 11. The second kappa shape index (κ2) is 12.3. The predicted octanol–water partition coefficient (Wildman–Crippen LogP) is 4.49. The van der Waals surface area contributed by atoms with Crippen molar-refractivity contribution < 1.29 is 18.3 Å². The third-order valence-electron chi connectivity index (χ3n) is 6.59. The van der Waals surface area contributed by atoms with E-state index in [1.807, 2.05) is 74.5 Å². The second-order valence-corrected chi connectivity index (χ2v) is 11.2. The largest absolute Gasteiger partial charge is 0.386 e. The molecule has 0 bridgehead atoms. The summed E-state index contributed by atoms with van der Waals surface area (Å²) in [7, 11) is -2.09. The SMILES string of the molecule is Cc1ccc(S(=O)(=O)N[C@@H](Cc2ccccc2)C[C@@H](C)C(=O)N(C)[C@@H](C)[C@@H](O)c2ccccc2)cc1. The zero-order valence-electron chi connectivity index (χ0n) is 21.3. The van der Waals surface area contributed by atoms with Gasteiger partial charge in [0, 0.05) is 19.0 Å². The number of aliphatic hydroxyl groups is 1. The number of carbonyl (C=O) groups is 1. The summed E-state index contributed by atoms with van der Waals surface area (Å²) in [6.07, 6.45) is -0.0558. The summed E-state index contributed by atoms with van der Waals surface area (Å²) in [6, 6.07) is 24.7. The Bertz CT molecular complexity index is 1220. The van der Waals surface area contributed by atoms with Gasteiger partial charge in [-0.3, -0.25) is 4.79 Å². The lowest BCUT2D eigenvalue weighted by Gasteiger charge is -2.32. The van der Waals surface area contributed by atoms with Crippen molar-refractivity contribution in [3.05, 3.63) is 102 Å². The maximum absolute atomic E-state index is 13.3. The van der Waals surface area contributed by atoms with Crippen LogP contribution in [-0.2, 0) is 21.2 Å². The molecule has 3 aromatic rings. The summed E-state index contributed by atoms with van der Waals surface area (Å²) in [5.74, 6) is -0.611. The van der Waals surface area contributed by atoms with Gasteiger partial charge in [0.15, 0.2) is 0 Å². The van der Waals surface area contributed by atoms with Gasteiger partial charge in [0.25, 0.3) is 0 Å². The predicted molar refractivity (Wildman–Crippen MR) is 143 cm³/mol. The molecule has 192 valence electrons. The molecule has 0 saturated carbocycles. The average Bonchev–Trinajstić information content (AvgIpc) is 2.88. The van der Waals surface area contributed by atoms with Gasteiger partial charge in [0.05, 0.1) is 17.0 Å². The molecule has 0 fully saturated rings. The number of sulfonamides is 1. The van der Waals surface area contributed by atoms with Crippen LogP contribution >= 0.6 is 0 Å². The van der Waals surface area contributed by atoms with Crippen molar-refractivity contribution in [1.29, 1.82) is 0 Å². The molecule has 7 heteroatoms. The first-order chi connectivity index (χ1) is 17.1. The quantitative estimate of drug-likeness (QED) is 0.400. The lowest BCUT2D eigenvalue weighted by atomic mass is 9.95. The molecule has 3 aromatic carbocycles. The molecule has 2 N–H and O–H groups in total. The number of carbonyl (C=O) groups excluding carboxylic acids is 1. The highest BCUT2D eigenvalue weighted by molar-refractivity contribution is 7.89. The van der Waals surface area contributed by atoms with Crippen molar-refractivity contribution in [2.75, 3.05) is 7.05 Å². The maximum atomic E-state index is 13.3. The Kier molecular flexibility index (Phi) is 9.43. The number of hydrogen-bond donors (Lipinski definition) is 2. The molecular formula is C29H36N2O4S. The van der Waals surface area contributed by atoms with Crippen LogP contribution in [0.25, 0.3) is 0 Å². The molecule has 0 heterocycles. The van der Waals surface area contributed by atoms with Gasteiger partial charge >= 0.3 is 0 Å². The third-order valence-corrected chi connectivity index (χ3v) is 8.13. The van der Waals surface area contributed by atoms with E-state index in [9.17, 15) is 18.3 Å². The standard InChI is InChI=1S/C29H36N2O4S/c1-21-15-17-27(18-16-21)36(34,35)30-26(20-24-11-7-5-8-12-24)19-22(2)29(33)31(4)23(3)28(32)25-13-9-6-10-14-25/h5-18,22-23,26,28,30,32H,19-20H2,1-4H3/t22-,23+,26-,28-/m1/s1. The van der Waals surface area contributed by atoms with Gasteiger partial charge in [-0.05, 0) is 49.9 Å². The highest BCUT2D eigenvalue weighted by atomic mass is 32.2. The number of nitrogens with zero attached hydrogens (tertiary/aromatic N) is 1. The molecule has 36 heavy (non-hydrogen) atoms. The zero-order valence-corrected chi connectivity index (χ0v) is 22.2. The molecule has 0 aliphatic heterocycles. The molecule has 1 amide bonds. The summed E-state index contributed by atoms with van der Waals surface area (Å²) < 4.78 is 29.1. The Morgan fingerprint density at radius 1 is 0.917 bits per heavy atom.